The molecule has 1 fully saturated rings. The van der Waals surface area contributed by atoms with Gasteiger partial charge in [0.25, 0.3) is 11.8 Å². The highest BCUT2D eigenvalue weighted by molar-refractivity contribution is 7.07. The van der Waals surface area contributed by atoms with E-state index in [1.54, 1.807) is 17.4 Å². The number of anilines is 1. The number of fused-ring (bicyclic) bond motifs is 1. The molecule has 2 aromatic carbocycles. The van der Waals surface area contributed by atoms with Gasteiger partial charge >= 0.3 is 0 Å². The fourth-order valence-corrected chi connectivity index (χ4v) is 5.20. The van der Waals surface area contributed by atoms with Crippen LogP contribution in [0, 0.1) is 0 Å². The molecule has 0 saturated carbocycles. The van der Waals surface area contributed by atoms with Crippen LogP contribution in [-0.2, 0) is 13.1 Å². The van der Waals surface area contributed by atoms with Gasteiger partial charge in [0, 0.05) is 37.7 Å². The van der Waals surface area contributed by atoms with Crippen LogP contribution >= 0.6 is 22.9 Å². The minimum Gasteiger partial charge on any atom is -0.368 e. The van der Waals surface area contributed by atoms with E-state index in [2.05, 4.69) is 15.9 Å². The van der Waals surface area contributed by atoms with E-state index in [9.17, 15) is 9.59 Å². The quantitative estimate of drug-likeness (QED) is 0.535. The van der Waals surface area contributed by atoms with Crippen molar-refractivity contribution in [3.8, 4) is 0 Å². The van der Waals surface area contributed by atoms with Crippen LogP contribution in [0.3, 0.4) is 0 Å². The number of amides is 2. The third-order valence-corrected chi connectivity index (χ3v) is 6.87. The predicted molar refractivity (Wildman–Crippen MR) is 124 cm³/mol. The first kappa shape index (κ1) is 20.2. The summed E-state index contributed by atoms with van der Waals surface area (Å²) in [5.41, 5.74) is 4.11. The Morgan fingerprint density at radius 1 is 0.871 bits per heavy atom. The fourth-order valence-electron chi connectivity index (χ4n) is 4.33. The van der Waals surface area contributed by atoms with Crippen molar-refractivity contribution in [1.82, 2.24) is 9.80 Å². The Labute approximate surface area is 190 Å². The molecule has 0 N–H and O–H groups in total. The number of hydrogen-bond donors (Lipinski definition) is 0. The van der Waals surface area contributed by atoms with Gasteiger partial charge in [-0.2, -0.15) is 11.3 Å². The Kier molecular flexibility index (Phi) is 5.52. The van der Waals surface area contributed by atoms with Crippen molar-refractivity contribution in [2.45, 2.75) is 13.1 Å². The van der Waals surface area contributed by atoms with Crippen LogP contribution in [0.1, 0.15) is 31.8 Å². The summed E-state index contributed by atoms with van der Waals surface area (Å²) >= 11 is 7.68. The van der Waals surface area contributed by atoms with Crippen molar-refractivity contribution in [3.63, 3.8) is 0 Å². The first-order valence-corrected chi connectivity index (χ1v) is 11.6. The lowest BCUT2D eigenvalue weighted by Crippen LogP contribution is -2.46. The molecule has 1 aromatic heterocycles. The normalized spacial score (nSPS) is 16.8. The average Bonchev–Trinajstić information content (AvgIpc) is 3.37. The number of hydrogen-bond acceptors (Lipinski definition) is 5. The van der Waals surface area contributed by atoms with Gasteiger partial charge in [-0.3, -0.25) is 19.4 Å². The summed E-state index contributed by atoms with van der Waals surface area (Å²) in [6.07, 6.45) is 0. The number of piperazine rings is 1. The molecule has 5 rings (SSSR count). The molecule has 0 bridgehead atoms. The zero-order valence-corrected chi connectivity index (χ0v) is 18.5. The van der Waals surface area contributed by atoms with Crippen molar-refractivity contribution < 1.29 is 9.59 Å². The maximum atomic E-state index is 13.2. The van der Waals surface area contributed by atoms with E-state index >= 15 is 0 Å². The molecule has 158 valence electrons. The largest absolute Gasteiger partial charge is 0.368 e. The second-order valence-electron chi connectivity index (χ2n) is 7.92. The molecular weight excluding hydrogens is 430 g/mol. The highest BCUT2D eigenvalue weighted by Crippen LogP contribution is 2.33. The molecule has 0 radical (unpaired) electrons. The van der Waals surface area contributed by atoms with Gasteiger partial charge < -0.3 is 4.90 Å². The van der Waals surface area contributed by atoms with Crippen LogP contribution in [0.2, 0.25) is 5.02 Å². The molecule has 2 aliphatic rings. The smallest absolute Gasteiger partial charge is 0.263 e. The lowest BCUT2D eigenvalue weighted by Gasteiger charge is -2.36. The minimum atomic E-state index is -0.201. The van der Waals surface area contributed by atoms with E-state index in [-0.39, 0.29) is 11.8 Å². The summed E-state index contributed by atoms with van der Waals surface area (Å²) in [6, 6.07) is 15.5. The number of rotatable bonds is 5. The van der Waals surface area contributed by atoms with Crippen molar-refractivity contribution in [3.05, 3.63) is 86.6 Å². The van der Waals surface area contributed by atoms with Crippen LogP contribution in [0.25, 0.3) is 0 Å². The molecule has 31 heavy (non-hydrogen) atoms. The summed E-state index contributed by atoms with van der Waals surface area (Å²) in [5.74, 6) is -0.393. The summed E-state index contributed by atoms with van der Waals surface area (Å²) in [7, 11) is 0. The fraction of sp³-hybridized carbons (Fsp3) is 0.250. The summed E-state index contributed by atoms with van der Waals surface area (Å²) in [5, 5.41) is 4.69. The number of thiophene rings is 1. The number of carbonyl (C=O) groups is 2. The van der Waals surface area contributed by atoms with Gasteiger partial charge in [-0.15, -0.1) is 0 Å². The standard InChI is InChI=1S/C24H22ClN3O2S/c25-19-4-1-3-17(13-19)14-26-8-10-27(11-9-26)21-6-2-5-20-22(21)24(30)28(23(20)29)15-18-7-12-31-16-18/h1-7,12-13,16H,8-11,14-15H2. The molecule has 3 heterocycles. The number of carbonyl (C=O) groups excluding carboxylic acids is 2. The van der Waals surface area contributed by atoms with Gasteiger partial charge in [0.2, 0.25) is 0 Å². The van der Waals surface area contributed by atoms with Gasteiger partial charge in [-0.05, 0) is 52.2 Å². The maximum Gasteiger partial charge on any atom is 0.263 e. The second kappa shape index (κ2) is 8.46. The maximum absolute atomic E-state index is 13.2. The van der Waals surface area contributed by atoms with E-state index in [4.69, 9.17) is 11.6 Å². The number of nitrogens with zero attached hydrogens (tertiary/aromatic N) is 3. The zero-order valence-electron chi connectivity index (χ0n) is 17.0. The van der Waals surface area contributed by atoms with Crippen LogP contribution in [0.15, 0.2) is 59.3 Å². The topological polar surface area (TPSA) is 43.9 Å². The summed E-state index contributed by atoms with van der Waals surface area (Å²) in [6.45, 7) is 4.57. The molecular formula is C24H22ClN3O2S. The molecule has 2 aliphatic heterocycles. The first-order chi connectivity index (χ1) is 15.1. The van der Waals surface area contributed by atoms with E-state index < -0.39 is 0 Å². The molecule has 0 unspecified atom stereocenters. The lowest BCUT2D eigenvalue weighted by molar-refractivity contribution is 0.0642. The average molecular weight is 452 g/mol. The van der Waals surface area contributed by atoms with Gasteiger partial charge in [0.15, 0.2) is 0 Å². The van der Waals surface area contributed by atoms with E-state index in [0.29, 0.717) is 17.7 Å². The minimum absolute atomic E-state index is 0.192. The van der Waals surface area contributed by atoms with Gasteiger partial charge in [-0.25, -0.2) is 0 Å². The molecule has 2 amide bonds. The van der Waals surface area contributed by atoms with Gasteiger partial charge in [0.1, 0.15) is 0 Å². The predicted octanol–water partition coefficient (Wildman–Crippen LogP) is 4.52. The molecule has 0 atom stereocenters. The lowest BCUT2D eigenvalue weighted by atomic mass is 10.1. The second-order valence-corrected chi connectivity index (χ2v) is 9.14. The SMILES string of the molecule is O=C1c2cccc(N3CCN(Cc4cccc(Cl)c4)CC3)c2C(=O)N1Cc1ccsc1. The molecule has 0 spiro atoms. The highest BCUT2D eigenvalue weighted by atomic mass is 35.5. The molecule has 3 aromatic rings. The van der Waals surface area contributed by atoms with E-state index in [0.717, 1.165) is 49.0 Å². The first-order valence-electron chi connectivity index (χ1n) is 10.3. The summed E-state index contributed by atoms with van der Waals surface area (Å²) in [4.78, 5) is 32.1. The number of halogens is 1. The molecule has 7 heteroatoms. The van der Waals surface area contributed by atoms with Gasteiger partial charge in [-0.1, -0.05) is 29.8 Å². The van der Waals surface area contributed by atoms with Crippen LogP contribution < -0.4 is 4.90 Å². The van der Waals surface area contributed by atoms with Crippen molar-refractivity contribution >= 4 is 40.4 Å². The van der Waals surface area contributed by atoms with Crippen LogP contribution in [0.4, 0.5) is 5.69 Å². The van der Waals surface area contributed by atoms with Crippen molar-refractivity contribution in [1.29, 1.82) is 0 Å². The van der Waals surface area contributed by atoms with Crippen LogP contribution in [0.5, 0.6) is 0 Å². The Hall–Kier alpha value is -2.67. The summed E-state index contributed by atoms with van der Waals surface area (Å²) < 4.78 is 0. The van der Waals surface area contributed by atoms with E-state index in [1.165, 1.54) is 10.5 Å². The van der Waals surface area contributed by atoms with Crippen molar-refractivity contribution in [2.75, 3.05) is 31.1 Å². The van der Waals surface area contributed by atoms with E-state index in [1.807, 2.05) is 47.2 Å². The van der Waals surface area contributed by atoms with Crippen LogP contribution in [-0.4, -0.2) is 47.8 Å². The molecule has 1 saturated heterocycles. The number of benzene rings is 2. The molecule has 5 nitrogen and oxygen atoms in total. The Balaban J connectivity index is 1.31. The number of imide groups is 1. The van der Waals surface area contributed by atoms with Crippen molar-refractivity contribution in [2.24, 2.45) is 0 Å². The Morgan fingerprint density at radius 3 is 2.42 bits per heavy atom. The third kappa shape index (κ3) is 3.99. The Bertz CT molecular complexity index is 1120. The Morgan fingerprint density at radius 2 is 1.68 bits per heavy atom. The van der Waals surface area contributed by atoms with Gasteiger partial charge in [0.05, 0.1) is 23.4 Å². The molecule has 0 aliphatic carbocycles. The third-order valence-electron chi connectivity index (χ3n) is 5.91. The monoisotopic (exact) mass is 451 g/mol. The highest BCUT2D eigenvalue weighted by Gasteiger charge is 2.38. The zero-order chi connectivity index (χ0) is 21.4.